The molecule has 0 aliphatic carbocycles. The largest absolute Gasteiger partial charge is 0.496 e. The van der Waals surface area contributed by atoms with Crippen LogP contribution in [0.4, 0.5) is 11.4 Å². The smallest absolute Gasteiger partial charge is 0.270 e. The van der Waals surface area contributed by atoms with Crippen molar-refractivity contribution in [3.63, 3.8) is 0 Å². The van der Waals surface area contributed by atoms with Crippen LogP contribution >= 0.6 is 23.2 Å². The fraction of sp³-hybridized carbons (Fsp3) is 0.143. The van der Waals surface area contributed by atoms with Gasteiger partial charge in [0.1, 0.15) is 5.75 Å². The van der Waals surface area contributed by atoms with Gasteiger partial charge in [0.15, 0.2) is 0 Å². The third-order valence-corrected chi connectivity index (χ3v) is 3.26. The molecule has 0 fully saturated rings. The molecule has 0 atom stereocenters. The summed E-state index contributed by atoms with van der Waals surface area (Å²) in [6.45, 7) is 0.349. The number of benzene rings is 2. The topological polar surface area (TPSA) is 64.4 Å². The molecule has 0 aliphatic rings. The van der Waals surface area contributed by atoms with E-state index in [4.69, 9.17) is 27.9 Å². The van der Waals surface area contributed by atoms with E-state index in [2.05, 4.69) is 5.32 Å². The Bertz CT molecular complexity index is 657. The predicted molar refractivity (Wildman–Crippen MR) is 83.4 cm³/mol. The number of methoxy groups -OCH3 is 1. The molecule has 0 bridgehead atoms. The second kappa shape index (κ2) is 6.65. The monoisotopic (exact) mass is 326 g/mol. The normalized spacial score (nSPS) is 10.2. The van der Waals surface area contributed by atoms with Gasteiger partial charge in [0.25, 0.3) is 5.69 Å². The zero-order valence-electron chi connectivity index (χ0n) is 11.1. The summed E-state index contributed by atoms with van der Waals surface area (Å²) in [6, 6.07) is 9.51. The molecule has 0 spiro atoms. The summed E-state index contributed by atoms with van der Waals surface area (Å²) < 4.78 is 5.20. The number of rotatable bonds is 5. The standard InChI is InChI=1S/C14H12Cl2N2O3/c1-21-14-3-2-13(18(19)20)4-9(14)8-17-12-6-10(15)5-11(16)7-12/h2-7,17H,8H2,1H3. The van der Waals surface area contributed by atoms with Gasteiger partial charge in [-0.05, 0) is 24.3 Å². The number of nitrogens with one attached hydrogen (secondary N) is 1. The van der Waals surface area contributed by atoms with E-state index in [1.165, 1.54) is 19.2 Å². The number of ether oxygens (including phenoxy) is 1. The molecule has 21 heavy (non-hydrogen) atoms. The van der Waals surface area contributed by atoms with Crippen LogP contribution in [-0.4, -0.2) is 12.0 Å². The lowest BCUT2D eigenvalue weighted by atomic mass is 10.1. The van der Waals surface area contributed by atoms with E-state index in [-0.39, 0.29) is 5.69 Å². The minimum atomic E-state index is -0.445. The maximum Gasteiger partial charge on any atom is 0.270 e. The molecule has 2 aromatic carbocycles. The maximum absolute atomic E-state index is 10.8. The van der Waals surface area contributed by atoms with Crippen LogP contribution in [0.3, 0.4) is 0 Å². The minimum Gasteiger partial charge on any atom is -0.496 e. The van der Waals surface area contributed by atoms with Crippen LogP contribution in [-0.2, 0) is 6.54 Å². The predicted octanol–water partition coefficient (Wildman–Crippen LogP) is 4.52. The van der Waals surface area contributed by atoms with Gasteiger partial charge >= 0.3 is 0 Å². The molecule has 110 valence electrons. The molecule has 0 aromatic heterocycles. The Morgan fingerprint density at radius 2 is 1.86 bits per heavy atom. The lowest BCUT2D eigenvalue weighted by Crippen LogP contribution is -2.02. The highest BCUT2D eigenvalue weighted by atomic mass is 35.5. The second-order valence-electron chi connectivity index (χ2n) is 4.26. The van der Waals surface area contributed by atoms with Crippen LogP contribution in [0.25, 0.3) is 0 Å². The Labute approximate surface area is 131 Å². The van der Waals surface area contributed by atoms with Gasteiger partial charge in [-0.2, -0.15) is 0 Å². The van der Waals surface area contributed by atoms with E-state index >= 15 is 0 Å². The van der Waals surface area contributed by atoms with Gasteiger partial charge in [0.2, 0.25) is 0 Å². The molecule has 7 heteroatoms. The molecule has 0 saturated carbocycles. The van der Waals surface area contributed by atoms with Gasteiger partial charge < -0.3 is 10.1 Å². The summed E-state index contributed by atoms with van der Waals surface area (Å²) in [5, 5.41) is 15.0. The minimum absolute atomic E-state index is 0.0109. The van der Waals surface area contributed by atoms with Gasteiger partial charge in [-0.15, -0.1) is 0 Å². The first kappa shape index (κ1) is 15.4. The van der Waals surface area contributed by atoms with Gasteiger partial charge in [-0.1, -0.05) is 23.2 Å². The quantitative estimate of drug-likeness (QED) is 0.648. The molecule has 0 radical (unpaired) electrons. The van der Waals surface area contributed by atoms with E-state index < -0.39 is 4.92 Å². The first-order valence-corrected chi connectivity index (χ1v) is 6.76. The Morgan fingerprint density at radius 3 is 2.43 bits per heavy atom. The van der Waals surface area contributed by atoms with Gasteiger partial charge in [-0.25, -0.2) is 0 Å². The van der Waals surface area contributed by atoms with Crippen LogP contribution in [0.2, 0.25) is 10.0 Å². The zero-order chi connectivity index (χ0) is 15.4. The molecule has 0 heterocycles. The first-order chi connectivity index (χ1) is 9.99. The highest BCUT2D eigenvalue weighted by Gasteiger charge is 2.11. The fourth-order valence-electron chi connectivity index (χ4n) is 1.87. The third-order valence-electron chi connectivity index (χ3n) is 2.82. The molecule has 5 nitrogen and oxygen atoms in total. The summed E-state index contributed by atoms with van der Waals surface area (Å²) in [4.78, 5) is 10.4. The number of hydrogen-bond donors (Lipinski definition) is 1. The average molecular weight is 327 g/mol. The van der Waals surface area contributed by atoms with Crippen molar-refractivity contribution in [2.24, 2.45) is 0 Å². The van der Waals surface area contributed by atoms with Crippen molar-refractivity contribution in [2.45, 2.75) is 6.54 Å². The van der Waals surface area contributed by atoms with E-state index in [1.54, 1.807) is 24.3 Å². The summed E-state index contributed by atoms with van der Waals surface area (Å²) in [5.74, 6) is 0.571. The number of non-ortho nitro benzene ring substituents is 1. The number of nitro benzene ring substituents is 1. The molecule has 0 aliphatic heterocycles. The Hall–Kier alpha value is -1.98. The van der Waals surface area contributed by atoms with E-state index in [9.17, 15) is 10.1 Å². The van der Waals surface area contributed by atoms with Crippen molar-refractivity contribution in [3.05, 3.63) is 62.1 Å². The highest BCUT2D eigenvalue weighted by molar-refractivity contribution is 6.35. The van der Waals surface area contributed by atoms with Crippen LogP contribution in [0, 0.1) is 10.1 Å². The van der Waals surface area contributed by atoms with E-state index in [0.717, 1.165) is 5.69 Å². The van der Waals surface area contributed by atoms with Crippen molar-refractivity contribution >= 4 is 34.6 Å². The van der Waals surface area contributed by atoms with Crippen molar-refractivity contribution in [1.82, 2.24) is 0 Å². The van der Waals surface area contributed by atoms with E-state index in [1.807, 2.05) is 0 Å². The van der Waals surface area contributed by atoms with Crippen LogP contribution in [0.1, 0.15) is 5.56 Å². The Balaban J connectivity index is 2.21. The summed E-state index contributed by atoms with van der Waals surface area (Å²) in [7, 11) is 1.51. The van der Waals surface area contributed by atoms with Crippen LogP contribution in [0.15, 0.2) is 36.4 Å². The number of halogens is 2. The van der Waals surface area contributed by atoms with Crippen molar-refractivity contribution in [2.75, 3.05) is 12.4 Å². The summed E-state index contributed by atoms with van der Waals surface area (Å²) in [6.07, 6.45) is 0. The Morgan fingerprint density at radius 1 is 1.19 bits per heavy atom. The third kappa shape index (κ3) is 4.00. The number of nitrogens with zero attached hydrogens (tertiary/aromatic N) is 1. The molecule has 0 saturated heterocycles. The SMILES string of the molecule is COc1ccc([N+](=O)[O-])cc1CNc1cc(Cl)cc(Cl)c1. The first-order valence-electron chi connectivity index (χ1n) is 6.01. The highest BCUT2D eigenvalue weighted by Crippen LogP contribution is 2.26. The van der Waals surface area contributed by atoms with Crippen LogP contribution < -0.4 is 10.1 Å². The maximum atomic E-state index is 10.8. The number of anilines is 1. The van der Waals surface area contributed by atoms with Crippen molar-refractivity contribution in [1.29, 1.82) is 0 Å². The van der Waals surface area contributed by atoms with Crippen LogP contribution in [0.5, 0.6) is 5.75 Å². The van der Waals surface area contributed by atoms with Gasteiger partial charge in [0.05, 0.1) is 12.0 Å². The van der Waals surface area contributed by atoms with Gasteiger partial charge in [0, 0.05) is 40.0 Å². The van der Waals surface area contributed by atoms with Crippen molar-refractivity contribution < 1.29 is 9.66 Å². The molecule has 1 N–H and O–H groups in total. The lowest BCUT2D eigenvalue weighted by Gasteiger charge is -2.11. The molecular formula is C14H12Cl2N2O3. The number of nitro groups is 1. The summed E-state index contributed by atoms with van der Waals surface area (Å²) >= 11 is 11.8. The van der Waals surface area contributed by atoms with E-state index in [0.29, 0.717) is 27.9 Å². The second-order valence-corrected chi connectivity index (χ2v) is 5.14. The zero-order valence-corrected chi connectivity index (χ0v) is 12.6. The molecular weight excluding hydrogens is 315 g/mol. The molecule has 0 unspecified atom stereocenters. The van der Waals surface area contributed by atoms with Gasteiger partial charge in [-0.3, -0.25) is 10.1 Å². The molecule has 0 amide bonds. The fourth-order valence-corrected chi connectivity index (χ4v) is 2.40. The molecule has 2 aromatic rings. The van der Waals surface area contributed by atoms with Crippen molar-refractivity contribution in [3.8, 4) is 5.75 Å². The summed E-state index contributed by atoms with van der Waals surface area (Å²) in [5.41, 5.74) is 1.40. The number of hydrogen-bond acceptors (Lipinski definition) is 4. The lowest BCUT2D eigenvalue weighted by molar-refractivity contribution is -0.384. The average Bonchev–Trinajstić information content (AvgIpc) is 2.43. The Kier molecular flexibility index (Phi) is 4.88. The molecule has 2 rings (SSSR count).